The molecule has 0 unspecified atom stereocenters. The van der Waals surface area contributed by atoms with Gasteiger partial charge < -0.3 is 15.1 Å². The summed E-state index contributed by atoms with van der Waals surface area (Å²) in [5.74, 6) is -2.84. The predicted molar refractivity (Wildman–Crippen MR) is 111 cm³/mol. The lowest BCUT2D eigenvalue weighted by Crippen LogP contribution is -2.31. The molecule has 2 aromatic rings. The lowest BCUT2D eigenvalue weighted by atomic mass is 9.95. The Hall–Kier alpha value is -2.64. The van der Waals surface area contributed by atoms with Crippen molar-refractivity contribution in [2.45, 2.75) is 18.9 Å². The largest absolute Gasteiger partial charge is 0.507 e. The summed E-state index contributed by atoms with van der Waals surface area (Å²) in [4.78, 5) is 37.6. The summed E-state index contributed by atoms with van der Waals surface area (Å²) >= 11 is 9.28. The number of ketones is 1. The highest BCUT2D eigenvalue weighted by atomic mass is 79.9. The van der Waals surface area contributed by atoms with E-state index in [1.807, 2.05) is 0 Å². The monoisotopic (exact) mass is 477 g/mol. The number of carboxylic acid groups (broad SMARTS) is 1. The first-order chi connectivity index (χ1) is 13.8. The van der Waals surface area contributed by atoms with Gasteiger partial charge in [0.2, 0.25) is 0 Å². The molecule has 2 aromatic carbocycles. The average Bonchev–Trinajstić information content (AvgIpc) is 2.93. The van der Waals surface area contributed by atoms with E-state index in [4.69, 9.17) is 16.7 Å². The molecule has 1 fully saturated rings. The number of rotatable bonds is 6. The van der Waals surface area contributed by atoms with Crippen molar-refractivity contribution in [3.63, 3.8) is 0 Å². The van der Waals surface area contributed by atoms with Crippen molar-refractivity contribution >= 4 is 50.9 Å². The van der Waals surface area contributed by atoms with Gasteiger partial charge in [-0.3, -0.25) is 14.4 Å². The zero-order chi connectivity index (χ0) is 21.1. The lowest BCUT2D eigenvalue weighted by Gasteiger charge is -2.25. The van der Waals surface area contributed by atoms with Crippen molar-refractivity contribution in [2.24, 2.45) is 0 Å². The lowest BCUT2D eigenvalue weighted by molar-refractivity contribution is -0.140. The second-order valence-corrected chi connectivity index (χ2v) is 7.90. The number of nitrogens with zero attached hydrogens (tertiary/aromatic N) is 1. The standard InChI is InChI=1S/C21H17BrClNO5/c22-14-7-3-13(4-8-14)19(27)17-18(12-5-9-15(23)10-6-12)24(21(29)20(17)28)11-1-2-16(25)26/h3-10,18,27H,1-2,11H2,(H,25,26)/t18-/m1/s1. The number of benzene rings is 2. The first-order valence-electron chi connectivity index (χ1n) is 8.81. The van der Waals surface area contributed by atoms with Crippen LogP contribution < -0.4 is 0 Å². The highest BCUT2D eigenvalue weighted by Gasteiger charge is 2.45. The van der Waals surface area contributed by atoms with E-state index in [0.717, 1.165) is 4.47 Å². The van der Waals surface area contributed by atoms with Gasteiger partial charge in [-0.05, 0) is 36.2 Å². The fourth-order valence-corrected chi connectivity index (χ4v) is 3.66. The second kappa shape index (κ2) is 8.80. The molecule has 1 aliphatic heterocycles. The number of carboxylic acids is 1. The second-order valence-electron chi connectivity index (χ2n) is 6.55. The minimum atomic E-state index is -0.987. The van der Waals surface area contributed by atoms with Gasteiger partial charge in [0, 0.05) is 28.0 Å². The molecular weight excluding hydrogens is 462 g/mol. The zero-order valence-electron chi connectivity index (χ0n) is 15.1. The number of aliphatic hydroxyl groups excluding tert-OH is 1. The van der Waals surface area contributed by atoms with Crippen LogP contribution in [0.25, 0.3) is 5.76 Å². The fourth-order valence-electron chi connectivity index (χ4n) is 3.27. The molecule has 0 aliphatic carbocycles. The van der Waals surface area contributed by atoms with Gasteiger partial charge in [-0.2, -0.15) is 0 Å². The summed E-state index contributed by atoms with van der Waals surface area (Å²) in [6.45, 7) is 0.0707. The molecule has 6 nitrogen and oxygen atoms in total. The number of aliphatic hydroxyl groups is 1. The van der Waals surface area contributed by atoms with E-state index in [2.05, 4.69) is 15.9 Å². The van der Waals surface area contributed by atoms with Crippen LogP contribution in [0.15, 0.2) is 58.6 Å². The van der Waals surface area contributed by atoms with Crippen LogP contribution in [0.2, 0.25) is 5.02 Å². The van der Waals surface area contributed by atoms with Crippen LogP contribution >= 0.6 is 27.5 Å². The minimum absolute atomic E-state index is 0.0324. The van der Waals surface area contributed by atoms with Gasteiger partial charge in [-0.1, -0.05) is 51.8 Å². The Morgan fingerprint density at radius 1 is 1.03 bits per heavy atom. The molecule has 2 N–H and O–H groups in total. The van der Waals surface area contributed by atoms with Gasteiger partial charge in [0.25, 0.3) is 11.7 Å². The Labute approximate surface area is 180 Å². The van der Waals surface area contributed by atoms with Gasteiger partial charge in [-0.25, -0.2) is 0 Å². The number of halogens is 2. The normalized spacial score (nSPS) is 18.3. The Bertz CT molecular complexity index is 985. The van der Waals surface area contributed by atoms with Crippen LogP contribution in [-0.4, -0.2) is 39.3 Å². The number of likely N-dealkylation sites (tertiary alicyclic amines) is 1. The summed E-state index contributed by atoms with van der Waals surface area (Å²) in [6, 6.07) is 12.5. The maximum Gasteiger partial charge on any atom is 0.303 e. The topological polar surface area (TPSA) is 94.9 Å². The van der Waals surface area contributed by atoms with Crippen LogP contribution in [0.1, 0.15) is 30.0 Å². The van der Waals surface area contributed by atoms with E-state index in [1.54, 1.807) is 48.5 Å². The molecule has 0 radical (unpaired) electrons. The fraction of sp³-hybridized carbons (Fsp3) is 0.190. The molecule has 150 valence electrons. The van der Waals surface area contributed by atoms with Crippen molar-refractivity contribution in [2.75, 3.05) is 6.54 Å². The Morgan fingerprint density at radius 3 is 2.24 bits per heavy atom. The van der Waals surface area contributed by atoms with E-state index < -0.39 is 23.7 Å². The number of Topliss-reactive ketones (excluding diaryl/α,β-unsaturated/α-hetero) is 1. The number of carbonyl (C=O) groups is 3. The number of hydrogen-bond acceptors (Lipinski definition) is 4. The highest BCUT2D eigenvalue weighted by molar-refractivity contribution is 9.10. The number of hydrogen-bond donors (Lipinski definition) is 2. The SMILES string of the molecule is O=C(O)CCCN1C(=O)C(=O)C(=C(O)c2ccc(Br)cc2)[C@H]1c1ccc(Cl)cc1. The van der Waals surface area contributed by atoms with E-state index in [-0.39, 0.29) is 30.7 Å². The Morgan fingerprint density at radius 2 is 1.66 bits per heavy atom. The third kappa shape index (κ3) is 4.52. The summed E-state index contributed by atoms with van der Waals surface area (Å²) < 4.78 is 0.803. The van der Waals surface area contributed by atoms with Gasteiger partial charge in [0.05, 0.1) is 11.6 Å². The predicted octanol–water partition coefficient (Wildman–Crippen LogP) is 4.39. The number of carbonyl (C=O) groups excluding carboxylic acids is 2. The maximum absolute atomic E-state index is 12.8. The van der Waals surface area contributed by atoms with Crippen LogP contribution in [0.5, 0.6) is 0 Å². The van der Waals surface area contributed by atoms with E-state index in [1.165, 1.54) is 4.90 Å². The summed E-state index contributed by atoms with van der Waals surface area (Å²) in [5.41, 5.74) is 0.966. The quantitative estimate of drug-likeness (QED) is 0.365. The molecule has 8 heteroatoms. The van der Waals surface area contributed by atoms with Crippen LogP contribution in [0.4, 0.5) is 0 Å². The van der Waals surface area contributed by atoms with Gasteiger partial charge in [-0.15, -0.1) is 0 Å². The van der Waals surface area contributed by atoms with Crippen LogP contribution in [0, 0.1) is 0 Å². The molecule has 0 saturated carbocycles. The zero-order valence-corrected chi connectivity index (χ0v) is 17.5. The smallest absolute Gasteiger partial charge is 0.303 e. The minimum Gasteiger partial charge on any atom is -0.507 e. The molecule has 29 heavy (non-hydrogen) atoms. The third-order valence-electron chi connectivity index (χ3n) is 4.63. The molecule has 3 rings (SSSR count). The van der Waals surface area contributed by atoms with Crippen molar-refractivity contribution in [1.82, 2.24) is 4.90 Å². The summed E-state index contributed by atoms with van der Waals surface area (Å²) in [7, 11) is 0. The van der Waals surface area contributed by atoms with Gasteiger partial charge in [0.15, 0.2) is 0 Å². The third-order valence-corrected chi connectivity index (χ3v) is 5.41. The first-order valence-corrected chi connectivity index (χ1v) is 9.98. The highest BCUT2D eigenvalue weighted by Crippen LogP contribution is 2.39. The van der Waals surface area contributed by atoms with E-state index in [0.29, 0.717) is 16.1 Å². The van der Waals surface area contributed by atoms with Crippen molar-refractivity contribution in [3.8, 4) is 0 Å². The van der Waals surface area contributed by atoms with Crippen LogP contribution in [-0.2, 0) is 14.4 Å². The van der Waals surface area contributed by atoms with Crippen molar-refractivity contribution in [3.05, 3.63) is 74.7 Å². The molecule has 1 saturated heterocycles. The van der Waals surface area contributed by atoms with Crippen molar-refractivity contribution < 1.29 is 24.6 Å². The van der Waals surface area contributed by atoms with Gasteiger partial charge in [0.1, 0.15) is 5.76 Å². The molecule has 0 spiro atoms. The average molecular weight is 479 g/mol. The molecule has 1 aliphatic rings. The molecule has 1 amide bonds. The Balaban J connectivity index is 2.08. The Kier molecular flexibility index (Phi) is 6.39. The number of aliphatic carboxylic acids is 1. The molecule has 1 heterocycles. The molecular formula is C21H17BrClNO5. The van der Waals surface area contributed by atoms with Crippen molar-refractivity contribution in [1.29, 1.82) is 0 Å². The first kappa shape index (κ1) is 21.1. The maximum atomic E-state index is 12.8. The van der Waals surface area contributed by atoms with Gasteiger partial charge >= 0.3 is 5.97 Å². The molecule has 1 atom stereocenters. The van der Waals surface area contributed by atoms with Crippen LogP contribution in [0.3, 0.4) is 0 Å². The molecule has 0 bridgehead atoms. The van der Waals surface area contributed by atoms with E-state index in [9.17, 15) is 19.5 Å². The van der Waals surface area contributed by atoms with E-state index >= 15 is 0 Å². The summed E-state index contributed by atoms with van der Waals surface area (Å²) in [6.07, 6.45) is 0.0494. The number of amides is 1. The molecule has 0 aromatic heterocycles. The summed E-state index contributed by atoms with van der Waals surface area (Å²) in [5, 5.41) is 20.2.